The molecule has 2 fully saturated rings. The Morgan fingerprint density at radius 3 is 2.33 bits per heavy atom. The molecule has 0 bridgehead atoms. The van der Waals surface area contributed by atoms with Gasteiger partial charge < -0.3 is 19.9 Å². The summed E-state index contributed by atoms with van der Waals surface area (Å²) in [5.41, 5.74) is 0. The van der Waals surface area contributed by atoms with Crippen LogP contribution < -0.4 is 5.32 Å². The van der Waals surface area contributed by atoms with Crippen LogP contribution in [0, 0.1) is 17.8 Å². The number of nitrogens with one attached hydrogen (secondary N) is 1. The van der Waals surface area contributed by atoms with Crippen molar-refractivity contribution in [3.63, 3.8) is 0 Å². The highest BCUT2D eigenvalue weighted by Gasteiger charge is 2.40. The molecule has 106 valence electrons. The predicted octanol–water partition coefficient (Wildman–Crippen LogP) is 1.04. The van der Waals surface area contributed by atoms with Crippen LogP contribution in [0.3, 0.4) is 0 Å². The van der Waals surface area contributed by atoms with Gasteiger partial charge in [-0.3, -0.25) is 0 Å². The molecule has 0 saturated heterocycles. The Balaban J connectivity index is 1.48. The van der Waals surface area contributed by atoms with E-state index in [1.54, 1.807) is 7.11 Å². The summed E-state index contributed by atoms with van der Waals surface area (Å²) in [5.74, 6) is 2.81. The summed E-state index contributed by atoms with van der Waals surface area (Å²) in [7, 11) is 1.65. The maximum Gasteiger partial charge on any atom is 0.0897 e. The third-order valence-corrected chi connectivity index (χ3v) is 3.96. The third kappa shape index (κ3) is 5.22. The van der Waals surface area contributed by atoms with Gasteiger partial charge in [0.1, 0.15) is 0 Å². The van der Waals surface area contributed by atoms with Gasteiger partial charge in [0.2, 0.25) is 0 Å². The standard InChI is InChI=1S/C14H27NO3/c1-17-6-7-18-10-13(16)8-15-9-14(11-2-3-11)12-4-5-12/h11-16H,2-10H2,1H3. The van der Waals surface area contributed by atoms with Crippen molar-refractivity contribution in [2.24, 2.45) is 17.8 Å². The molecule has 0 aromatic rings. The van der Waals surface area contributed by atoms with Crippen molar-refractivity contribution in [3.05, 3.63) is 0 Å². The van der Waals surface area contributed by atoms with Crippen molar-refractivity contribution in [3.8, 4) is 0 Å². The molecule has 0 aromatic heterocycles. The molecular formula is C14H27NO3. The van der Waals surface area contributed by atoms with Crippen molar-refractivity contribution in [2.45, 2.75) is 31.8 Å². The van der Waals surface area contributed by atoms with Crippen molar-refractivity contribution in [1.29, 1.82) is 0 Å². The molecule has 0 spiro atoms. The van der Waals surface area contributed by atoms with Crippen LogP contribution in [-0.4, -0.2) is 51.2 Å². The maximum atomic E-state index is 9.74. The highest BCUT2D eigenvalue weighted by Crippen LogP contribution is 2.48. The third-order valence-electron chi connectivity index (χ3n) is 3.96. The number of hydrogen-bond donors (Lipinski definition) is 2. The van der Waals surface area contributed by atoms with Crippen molar-refractivity contribution >= 4 is 0 Å². The molecule has 2 aliphatic carbocycles. The molecule has 2 N–H and O–H groups in total. The number of methoxy groups -OCH3 is 1. The molecule has 0 aromatic carbocycles. The Morgan fingerprint density at radius 1 is 1.11 bits per heavy atom. The first-order chi connectivity index (χ1) is 8.81. The first kappa shape index (κ1) is 14.3. The van der Waals surface area contributed by atoms with Crippen molar-refractivity contribution in [1.82, 2.24) is 5.32 Å². The normalized spacial score (nSPS) is 21.5. The van der Waals surface area contributed by atoms with E-state index in [-0.39, 0.29) is 0 Å². The molecular weight excluding hydrogens is 230 g/mol. The van der Waals surface area contributed by atoms with E-state index in [1.165, 1.54) is 25.7 Å². The number of aliphatic hydroxyl groups excluding tert-OH is 1. The van der Waals surface area contributed by atoms with Gasteiger partial charge in [-0.05, 0) is 50.0 Å². The van der Waals surface area contributed by atoms with E-state index in [2.05, 4.69) is 5.32 Å². The average Bonchev–Trinajstić information content (AvgIpc) is 3.23. The van der Waals surface area contributed by atoms with Gasteiger partial charge >= 0.3 is 0 Å². The summed E-state index contributed by atoms with van der Waals surface area (Å²) >= 11 is 0. The van der Waals surface area contributed by atoms with Gasteiger partial charge in [0.25, 0.3) is 0 Å². The minimum Gasteiger partial charge on any atom is -0.389 e. The van der Waals surface area contributed by atoms with Gasteiger partial charge in [-0.2, -0.15) is 0 Å². The highest BCUT2D eigenvalue weighted by atomic mass is 16.5. The van der Waals surface area contributed by atoms with Crippen LogP contribution >= 0.6 is 0 Å². The number of ether oxygens (including phenoxy) is 2. The molecule has 2 aliphatic rings. The summed E-state index contributed by atoms with van der Waals surface area (Å²) in [5, 5.41) is 13.1. The van der Waals surface area contributed by atoms with Crippen LogP contribution in [0.5, 0.6) is 0 Å². The van der Waals surface area contributed by atoms with Crippen LogP contribution in [0.2, 0.25) is 0 Å². The second-order valence-corrected chi connectivity index (χ2v) is 5.72. The molecule has 18 heavy (non-hydrogen) atoms. The summed E-state index contributed by atoms with van der Waals surface area (Å²) in [4.78, 5) is 0. The zero-order chi connectivity index (χ0) is 12.8. The fourth-order valence-corrected chi connectivity index (χ4v) is 2.60. The lowest BCUT2D eigenvalue weighted by molar-refractivity contribution is 0.0134. The number of aliphatic hydroxyl groups is 1. The topological polar surface area (TPSA) is 50.7 Å². The molecule has 0 radical (unpaired) electrons. The fraction of sp³-hybridized carbons (Fsp3) is 1.00. The van der Waals surface area contributed by atoms with Gasteiger partial charge in [-0.1, -0.05) is 0 Å². The molecule has 0 aliphatic heterocycles. The summed E-state index contributed by atoms with van der Waals surface area (Å²) < 4.78 is 10.2. The molecule has 0 amide bonds. The van der Waals surface area contributed by atoms with Crippen LogP contribution in [0.4, 0.5) is 0 Å². The van der Waals surface area contributed by atoms with E-state index in [9.17, 15) is 5.11 Å². The molecule has 0 heterocycles. The first-order valence-corrected chi connectivity index (χ1v) is 7.26. The fourth-order valence-electron chi connectivity index (χ4n) is 2.60. The Kier molecular flexibility index (Phi) is 5.89. The number of rotatable bonds is 11. The molecule has 2 saturated carbocycles. The maximum absolute atomic E-state index is 9.74. The zero-order valence-corrected chi connectivity index (χ0v) is 11.4. The smallest absolute Gasteiger partial charge is 0.0897 e. The van der Waals surface area contributed by atoms with E-state index < -0.39 is 6.10 Å². The first-order valence-electron chi connectivity index (χ1n) is 7.26. The molecule has 4 heteroatoms. The zero-order valence-electron chi connectivity index (χ0n) is 11.4. The van der Waals surface area contributed by atoms with Crippen LogP contribution in [0.1, 0.15) is 25.7 Å². The van der Waals surface area contributed by atoms with Crippen molar-refractivity contribution in [2.75, 3.05) is 40.0 Å². The average molecular weight is 257 g/mol. The van der Waals surface area contributed by atoms with Gasteiger partial charge in [0.05, 0.1) is 25.9 Å². The van der Waals surface area contributed by atoms with Gasteiger partial charge in [0, 0.05) is 13.7 Å². The van der Waals surface area contributed by atoms with E-state index in [1.807, 2.05) is 0 Å². The quantitative estimate of drug-likeness (QED) is 0.543. The van der Waals surface area contributed by atoms with E-state index >= 15 is 0 Å². The minimum absolute atomic E-state index is 0.397. The summed E-state index contributed by atoms with van der Waals surface area (Å²) in [6, 6.07) is 0. The second-order valence-electron chi connectivity index (χ2n) is 5.72. The monoisotopic (exact) mass is 257 g/mol. The van der Waals surface area contributed by atoms with Gasteiger partial charge in [-0.25, -0.2) is 0 Å². The lowest BCUT2D eigenvalue weighted by atomic mass is 9.98. The summed E-state index contributed by atoms with van der Waals surface area (Å²) in [6.45, 7) is 3.26. The lowest BCUT2D eigenvalue weighted by Crippen LogP contribution is -2.34. The van der Waals surface area contributed by atoms with Gasteiger partial charge in [0.15, 0.2) is 0 Å². The highest BCUT2D eigenvalue weighted by molar-refractivity contribution is 4.92. The van der Waals surface area contributed by atoms with Crippen molar-refractivity contribution < 1.29 is 14.6 Å². The largest absolute Gasteiger partial charge is 0.389 e. The van der Waals surface area contributed by atoms with E-state index in [0.717, 1.165) is 24.3 Å². The van der Waals surface area contributed by atoms with Crippen LogP contribution in [0.25, 0.3) is 0 Å². The van der Waals surface area contributed by atoms with Gasteiger partial charge in [-0.15, -0.1) is 0 Å². The molecule has 4 nitrogen and oxygen atoms in total. The number of hydrogen-bond acceptors (Lipinski definition) is 4. The molecule has 2 rings (SSSR count). The lowest BCUT2D eigenvalue weighted by Gasteiger charge is -2.18. The van der Waals surface area contributed by atoms with Crippen LogP contribution in [-0.2, 0) is 9.47 Å². The van der Waals surface area contributed by atoms with E-state index in [4.69, 9.17) is 9.47 Å². The Bertz CT molecular complexity index is 217. The molecule has 1 unspecified atom stereocenters. The SMILES string of the molecule is COCCOCC(O)CNCC(C1CC1)C1CC1. The minimum atomic E-state index is -0.402. The van der Waals surface area contributed by atoms with Crippen LogP contribution in [0.15, 0.2) is 0 Å². The Labute approximate surface area is 110 Å². The second kappa shape index (κ2) is 7.43. The van der Waals surface area contributed by atoms with E-state index in [0.29, 0.717) is 26.4 Å². The Hall–Kier alpha value is -0.160. The molecule has 1 atom stereocenters. The predicted molar refractivity (Wildman–Crippen MR) is 70.5 cm³/mol. The Morgan fingerprint density at radius 2 is 1.78 bits per heavy atom. The summed E-state index contributed by atoms with van der Waals surface area (Å²) in [6.07, 6.45) is 5.29.